The van der Waals surface area contributed by atoms with Gasteiger partial charge in [-0.25, -0.2) is 13.2 Å². The van der Waals surface area contributed by atoms with Gasteiger partial charge < -0.3 is 9.47 Å². The molecule has 2 aromatic carbocycles. The van der Waals surface area contributed by atoms with Gasteiger partial charge in [0.1, 0.15) is 11.5 Å². The number of rotatable bonds is 6. The van der Waals surface area contributed by atoms with Gasteiger partial charge in [-0.1, -0.05) is 0 Å². The molecule has 7 nitrogen and oxygen atoms in total. The van der Waals surface area contributed by atoms with Crippen LogP contribution in [0.3, 0.4) is 0 Å². The summed E-state index contributed by atoms with van der Waals surface area (Å²) < 4.78 is 37.0. The highest BCUT2D eigenvalue weighted by Crippen LogP contribution is 2.27. The number of ether oxygens (including phenoxy) is 2. The molecule has 1 aliphatic rings. The van der Waals surface area contributed by atoms with Crippen molar-refractivity contribution in [2.45, 2.75) is 24.7 Å². The second kappa shape index (κ2) is 8.12. The van der Waals surface area contributed by atoms with Crippen molar-refractivity contribution >= 4 is 21.8 Å². The lowest BCUT2D eigenvalue weighted by Gasteiger charge is -2.15. The van der Waals surface area contributed by atoms with Gasteiger partial charge in [0.2, 0.25) is 10.0 Å². The molecule has 8 heteroatoms. The number of hydrogen-bond donors (Lipinski definition) is 0. The highest BCUT2D eigenvalue weighted by Gasteiger charge is 2.27. The van der Waals surface area contributed by atoms with Crippen LogP contribution < -0.4 is 9.47 Å². The maximum absolute atomic E-state index is 12.6. The van der Waals surface area contributed by atoms with E-state index in [9.17, 15) is 18.0 Å². The third-order valence-electron chi connectivity index (χ3n) is 4.56. The third-order valence-corrected chi connectivity index (χ3v) is 6.48. The molecule has 0 atom stereocenters. The molecule has 1 fully saturated rings. The fourth-order valence-corrected chi connectivity index (χ4v) is 4.52. The van der Waals surface area contributed by atoms with Crippen LogP contribution in [0.2, 0.25) is 0 Å². The number of nitrogens with zero attached hydrogens (tertiary/aromatic N) is 1. The number of methoxy groups -OCH3 is 1. The average molecular weight is 403 g/mol. The highest BCUT2D eigenvalue weighted by molar-refractivity contribution is 7.89. The topological polar surface area (TPSA) is 90.0 Å². The van der Waals surface area contributed by atoms with Gasteiger partial charge in [-0.2, -0.15) is 4.31 Å². The monoisotopic (exact) mass is 403 g/mol. The van der Waals surface area contributed by atoms with Gasteiger partial charge in [0, 0.05) is 19.2 Å². The van der Waals surface area contributed by atoms with Crippen molar-refractivity contribution in [2.24, 2.45) is 0 Å². The zero-order valence-electron chi connectivity index (χ0n) is 15.7. The van der Waals surface area contributed by atoms with Crippen molar-refractivity contribution in [1.29, 1.82) is 0 Å². The number of esters is 1. The Bertz CT molecular complexity index is 992. The summed E-state index contributed by atoms with van der Waals surface area (Å²) in [4.78, 5) is 24.4. The van der Waals surface area contributed by atoms with E-state index in [4.69, 9.17) is 9.47 Å². The number of carbonyl (C=O) groups is 2. The van der Waals surface area contributed by atoms with Gasteiger partial charge in [-0.15, -0.1) is 0 Å². The average Bonchev–Trinajstić information content (AvgIpc) is 3.23. The molecule has 0 bridgehead atoms. The van der Waals surface area contributed by atoms with E-state index in [-0.39, 0.29) is 27.6 Å². The molecular weight excluding hydrogens is 382 g/mol. The lowest BCUT2D eigenvalue weighted by atomic mass is 10.1. The van der Waals surface area contributed by atoms with Crippen LogP contribution in [0.25, 0.3) is 0 Å². The van der Waals surface area contributed by atoms with E-state index in [2.05, 4.69) is 0 Å². The Morgan fingerprint density at radius 1 is 1.00 bits per heavy atom. The highest BCUT2D eigenvalue weighted by atomic mass is 32.2. The van der Waals surface area contributed by atoms with Gasteiger partial charge in [0.05, 0.1) is 23.1 Å². The quantitative estimate of drug-likeness (QED) is 0.419. The number of carbonyl (C=O) groups excluding carboxylic acids is 2. The van der Waals surface area contributed by atoms with E-state index in [1.807, 2.05) is 0 Å². The Balaban J connectivity index is 1.81. The van der Waals surface area contributed by atoms with E-state index >= 15 is 0 Å². The van der Waals surface area contributed by atoms with E-state index in [0.29, 0.717) is 18.8 Å². The van der Waals surface area contributed by atoms with Crippen molar-refractivity contribution in [3.05, 3.63) is 53.6 Å². The van der Waals surface area contributed by atoms with Crippen LogP contribution in [0, 0.1) is 0 Å². The summed E-state index contributed by atoms with van der Waals surface area (Å²) in [6.45, 7) is 2.39. The summed E-state index contributed by atoms with van der Waals surface area (Å²) >= 11 is 0. The zero-order chi connectivity index (χ0) is 20.3. The molecule has 1 heterocycles. The molecule has 0 N–H and O–H groups in total. The fraction of sp³-hybridized carbons (Fsp3) is 0.300. The molecule has 148 valence electrons. The van der Waals surface area contributed by atoms with Crippen LogP contribution in [0.1, 0.15) is 40.5 Å². The molecule has 0 spiro atoms. The first-order valence-electron chi connectivity index (χ1n) is 8.84. The van der Waals surface area contributed by atoms with Crippen LogP contribution in [0.4, 0.5) is 0 Å². The predicted octanol–water partition coefficient (Wildman–Crippen LogP) is 2.90. The minimum absolute atomic E-state index is 0.0885. The number of ketones is 1. The second-order valence-electron chi connectivity index (χ2n) is 6.44. The molecule has 1 aliphatic heterocycles. The second-order valence-corrected chi connectivity index (χ2v) is 8.38. The molecule has 0 saturated carbocycles. The Hall–Kier alpha value is -2.71. The smallest absolute Gasteiger partial charge is 0.343 e. The Morgan fingerprint density at radius 3 is 2.21 bits per heavy atom. The molecule has 0 aliphatic carbocycles. The molecule has 1 saturated heterocycles. The minimum Gasteiger partial charge on any atom is -0.497 e. The standard InChI is InChI=1S/C20H21NO6S/c1-14(22)18-10-7-16(26-2)13-19(18)27-20(23)15-5-8-17(9-6-15)28(24,25)21-11-3-4-12-21/h5-10,13H,3-4,11-12H2,1-2H3. The van der Waals surface area contributed by atoms with E-state index in [1.165, 1.54) is 54.7 Å². The van der Waals surface area contributed by atoms with Crippen molar-refractivity contribution in [1.82, 2.24) is 4.31 Å². The van der Waals surface area contributed by atoms with Crippen molar-refractivity contribution in [3.63, 3.8) is 0 Å². The SMILES string of the molecule is COc1ccc(C(C)=O)c(OC(=O)c2ccc(S(=O)(=O)N3CCCC3)cc2)c1. The van der Waals surface area contributed by atoms with Crippen LogP contribution in [0.15, 0.2) is 47.4 Å². The molecule has 0 amide bonds. The van der Waals surface area contributed by atoms with Crippen LogP contribution in [-0.4, -0.2) is 44.7 Å². The van der Waals surface area contributed by atoms with Crippen LogP contribution >= 0.6 is 0 Å². The normalized spacial score (nSPS) is 14.6. The molecule has 28 heavy (non-hydrogen) atoms. The van der Waals surface area contributed by atoms with Crippen LogP contribution in [0.5, 0.6) is 11.5 Å². The molecular formula is C20H21NO6S. The van der Waals surface area contributed by atoms with Gasteiger partial charge in [-0.05, 0) is 56.2 Å². The first-order chi connectivity index (χ1) is 13.3. The number of benzene rings is 2. The Morgan fingerprint density at radius 2 is 1.64 bits per heavy atom. The Kier molecular flexibility index (Phi) is 5.81. The van der Waals surface area contributed by atoms with Crippen LogP contribution in [-0.2, 0) is 10.0 Å². The lowest BCUT2D eigenvalue weighted by molar-refractivity contribution is 0.0732. The zero-order valence-corrected chi connectivity index (χ0v) is 16.5. The number of hydrogen-bond acceptors (Lipinski definition) is 6. The summed E-state index contributed by atoms with van der Waals surface area (Å²) in [7, 11) is -2.08. The summed E-state index contributed by atoms with van der Waals surface area (Å²) in [6, 6.07) is 10.2. The first-order valence-corrected chi connectivity index (χ1v) is 10.3. The molecule has 3 rings (SSSR count). The van der Waals surface area contributed by atoms with Gasteiger partial charge >= 0.3 is 5.97 Å². The lowest BCUT2D eigenvalue weighted by Crippen LogP contribution is -2.27. The minimum atomic E-state index is -3.55. The maximum Gasteiger partial charge on any atom is 0.343 e. The molecule has 0 unspecified atom stereocenters. The van der Waals surface area contributed by atoms with Gasteiger partial charge in [0.25, 0.3) is 0 Å². The van der Waals surface area contributed by atoms with E-state index in [1.54, 1.807) is 6.07 Å². The predicted molar refractivity (Wildman–Crippen MR) is 102 cm³/mol. The van der Waals surface area contributed by atoms with Crippen molar-refractivity contribution in [2.75, 3.05) is 20.2 Å². The van der Waals surface area contributed by atoms with Crippen molar-refractivity contribution < 1.29 is 27.5 Å². The number of Topliss-reactive ketones (excluding diaryl/α,β-unsaturated/α-hetero) is 1. The van der Waals surface area contributed by atoms with E-state index in [0.717, 1.165) is 12.8 Å². The van der Waals surface area contributed by atoms with E-state index < -0.39 is 16.0 Å². The summed E-state index contributed by atoms with van der Waals surface area (Å²) in [6.07, 6.45) is 1.70. The molecule has 0 aromatic heterocycles. The largest absolute Gasteiger partial charge is 0.497 e. The summed E-state index contributed by atoms with van der Waals surface area (Å²) in [5, 5.41) is 0. The Labute approximate surface area is 163 Å². The molecule has 0 radical (unpaired) electrons. The third kappa shape index (κ3) is 4.07. The van der Waals surface area contributed by atoms with Crippen molar-refractivity contribution in [3.8, 4) is 11.5 Å². The summed E-state index contributed by atoms with van der Waals surface area (Å²) in [5.74, 6) is -0.413. The fourth-order valence-electron chi connectivity index (χ4n) is 3.00. The maximum atomic E-state index is 12.6. The number of sulfonamides is 1. The van der Waals surface area contributed by atoms with Gasteiger partial charge in [-0.3, -0.25) is 4.79 Å². The van der Waals surface area contributed by atoms with Gasteiger partial charge in [0.15, 0.2) is 5.78 Å². The molecule has 2 aromatic rings. The first kappa shape index (κ1) is 20.0. The summed E-state index contributed by atoms with van der Waals surface area (Å²) in [5.41, 5.74) is 0.431.